The fraction of sp³-hybridized carbons (Fsp3) is 0.692. The highest BCUT2D eigenvalue weighted by Crippen LogP contribution is 2.44. The van der Waals surface area contributed by atoms with E-state index < -0.39 is 0 Å². The molecule has 0 saturated carbocycles. The number of imide groups is 1. The molecule has 0 aromatic rings. The van der Waals surface area contributed by atoms with Gasteiger partial charge in [-0.1, -0.05) is 12.2 Å². The molecular weight excluding hydrogens is 248 g/mol. The highest BCUT2D eigenvalue weighted by Gasteiger charge is 2.60. The van der Waals surface area contributed by atoms with Crippen molar-refractivity contribution in [2.45, 2.75) is 12.2 Å². The molecule has 6 nitrogen and oxygen atoms in total. The van der Waals surface area contributed by atoms with Crippen molar-refractivity contribution in [2.75, 3.05) is 33.0 Å². The normalized spacial score (nSPS) is 41.4. The van der Waals surface area contributed by atoms with E-state index in [1.54, 1.807) is 0 Å². The molecule has 0 aliphatic carbocycles. The van der Waals surface area contributed by atoms with Crippen LogP contribution in [0.2, 0.25) is 0 Å². The summed E-state index contributed by atoms with van der Waals surface area (Å²) >= 11 is 0. The zero-order valence-electron chi connectivity index (χ0n) is 10.5. The molecule has 0 N–H and O–H groups in total. The third-order valence-electron chi connectivity index (χ3n) is 4.45. The van der Waals surface area contributed by atoms with Gasteiger partial charge in [0.2, 0.25) is 11.8 Å². The molecule has 0 spiro atoms. The Morgan fingerprint density at radius 3 is 2.21 bits per heavy atom. The summed E-state index contributed by atoms with van der Waals surface area (Å²) in [6.45, 7) is 3.27. The summed E-state index contributed by atoms with van der Waals surface area (Å²) in [6.07, 6.45) is 3.44. The SMILES string of the molecule is O=C1[C@@H]2C3C=CC(O3)[C@@H]2C(=O)N1CN1CCOCC1. The zero-order valence-corrected chi connectivity index (χ0v) is 10.5. The molecule has 4 rings (SSSR count). The van der Waals surface area contributed by atoms with Crippen LogP contribution in [0.4, 0.5) is 0 Å². The lowest BCUT2D eigenvalue weighted by atomic mass is 9.85. The maximum atomic E-state index is 12.4. The molecule has 0 radical (unpaired) electrons. The molecule has 2 bridgehead atoms. The van der Waals surface area contributed by atoms with Crippen LogP contribution in [0.3, 0.4) is 0 Å². The molecule has 4 heterocycles. The molecule has 0 aromatic heterocycles. The molecule has 2 unspecified atom stereocenters. The van der Waals surface area contributed by atoms with Crippen LogP contribution in [-0.2, 0) is 19.1 Å². The predicted molar refractivity (Wildman–Crippen MR) is 63.9 cm³/mol. The van der Waals surface area contributed by atoms with Gasteiger partial charge < -0.3 is 9.47 Å². The molecule has 4 aliphatic heterocycles. The van der Waals surface area contributed by atoms with Crippen LogP contribution in [0.1, 0.15) is 0 Å². The molecule has 3 fully saturated rings. The number of morpholine rings is 1. The molecule has 4 atom stereocenters. The first-order chi connectivity index (χ1) is 9.25. The van der Waals surface area contributed by atoms with Crippen molar-refractivity contribution >= 4 is 11.8 Å². The van der Waals surface area contributed by atoms with Crippen molar-refractivity contribution in [3.05, 3.63) is 12.2 Å². The Morgan fingerprint density at radius 2 is 1.63 bits per heavy atom. The lowest BCUT2D eigenvalue weighted by Crippen LogP contribution is -2.47. The third-order valence-corrected chi connectivity index (χ3v) is 4.45. The number of fused-ring (bicyclic) bond motifs is 5. The Morgan fingerprint density at radius 1 is 1.05 bits per heavy atom. The summed E-state index contributed by atoms with van der Waals surface area (Å²) in [6, 6.07) is 0. The molecule has 3 saturated heterocycles. The van der Waals surface area contributed by atoms with E-state index in [4.69, 9.17) is 9.47 Å². The first-order valence-electron chi connectivity index (χ1n) is 6.75. The van der Waals surface area contributed by atoms with E-state index in [0.717, 1.165) is 13.1 Å². The number of hydrogen-bond acceptors (Lipinski definition) is 5. The number of rotatable bonds is 2. The first kappa shape index (κ1) is 11.6. The van der Waals surface area contributed by atoms with E-state index in [1.165, 1.54) is 4.90 Å². The van der Waals surface area contributed by atoms with Crippen molar-refractivity contribution in [2.24, 2.45) is 11.8 Å². The lowest BCUT2D eigenvalue weighted by molar-refractivity contribution is -0.145. The van der Waals surface area contributed by atoms with E-state index in [0.29, 0.717) is 19.9 Å². The van der Waals surface area contributed by atoms with Gasteiger partial charge in [0.15, 0.2) is 0 Å². The van der Waals surface area contributed by atoms with Crippen LogP contribution in [0.15, 0.2) is 12.2 Å². The van der Waals surface area contributed by atoms with Crippen molar-refractivity contribution < 1.29 is 19.1 Å². The summed E-state index contributed by atoms with van der Waals surface area (Å²) < 4.78 is 10.9. The van der Waals surface area contributed by atoms with E-state index >= 15 is 0 Å². The van der Waals surface area contributed by atoms with Gasteiger partial charge in [-0.3, -0.25) is 19.4 Å². The summed E-state index contributed by atoms with van der Waals surface area (Å²) in [5.41, 5.74) is 0. The van der Waals surface area contributed by atoms with Gasteiger partial charge in [0.25, 0.3) is 0 Å². The number of likely N-dealkylation sites (tertiary alicyclic amines) is 1. The molecular formula is C13H16N2O4. The average Bonchev–Trinajstić information content (AvgIpc) is 3.10. The van der Waals surface area contributed by atoms with Crippen LogP contribution in [0, 0.1) is 11.8 Å². The molecule has 0 aromatic carbocycles. The van der Waals surface area contributed by atoms with Gasteiger partial charge in [-0.05, 0) is 0 Å². The summed E-state index contributed by atoms with van der Waals surface area (Å²) in [5.74, 6) is -0.719. The summed E-state index contributed by atoms with van der Waals surface area (Å²) in [5, 5.41) is 0. The minimum Gasteiger partial charge on any atom is -0.379 e. The Bertz CT molecular complexity index is 428. The van der Waals surface area contributed by atoms with Gasteiger partial charge in [0.05, 0.1) is 43.9 Å². The number of ether oxygens (including phenoxy) is 2. The summed E-state index contributed by atoms with van der Waals surface area (Å²) in [7, 11) is 0. The fourth-order valence-electron chi connectivity index (χ4n) is 3.45. The van der Waals surface area contributed by atoms with Gasteiger partial charge in [0, 0.05) is 13.1 Å². The second-order valence-corrected chi connectivity index (χ2v) is 5.48. The Hall–Kier alpha value is -1.24. The minimum absolute atomic E-state index is 0.0710. The first-order valence-corrected chi connectivity index (χ1v) is 6.75. The topological polar surface area (TPSA) is 59.1 Å². The second kappa shape index (κ2) is 4.13. The lowest BCUT2D eigenvalue weighted by Gasteiger charge is -2.30. The standard InChI is InChI=1S/C13H16N2O4/c16-12-10-8-1-2-9(19-8)11(10)13(17)15(12)7-14-3-5-18-6-4-14/h1-2,8-11H,3-7H2/t8?,9?,10-,11+. The van der Waals surface area contributed by atoms with Crippen LogP contribution in [-0.4, -0.2) is 66.8 Å². The number of carbonyl (C=O) groups excluding carboxylic acids is 2. The predicted octanol–water partition coefficient (Wildman–Crippen LogP) is -0.785. The zero-order chi connectivity index (χ0) is 13.0. The van der Waals surface area contributed by atoms with E-state index in [2.05, 4.69) is 4.90 Å². The number of amides is 2. The van der Waals surface area contributed by atoms with Crippen molar-refractivity contribution in [3.8, 4) is 0 Å². The van der Waals surface area contributed by atoms with Gasteiger partial charge in [-0.25, -0.2) is 0 Å². The van der Waals surface area contributed by atoms with Gasteiger partial charge in [-0.2, -0.15) is 0 Å². The maximum absolute atomic E-state index is 12.4. The molecule has 19 heavy (non-hydrogen) atoms. The van der Waals surface area contributed by atoms with Crippen LogP contribution < -0.4 is 0 Å². The number of carbonyl (C=O) groups is 2. The third kappa shape index (κ3) is 1.60. The Kier molecular flexibility index (Phi) is 2.51. The fourth-order valence-corrected chi connectivity index (χ4v) is 3.45. The van der Waals surface area contributed by atoms with Crippen LogP contribution >= 0.6 is 0 Å². The van der Waals surface area contributed by atoms with Crippen LogP contribution in [0.25, 0.3) is 0 Å². The van der Waals surface area contributed by atoms with E-state index in [1.807, 2.05) is 12.2 Å². The Balaban J connectivity index is 1.52. The quantitative estimate of drug-likeness (QED) is 0.483. The second-order valence-electron chi connectivity index (χ2n) is 5.48. The van der Waals surface area contributed by atoms with Crippen molar-refractivity contribution in [1.82, 2.24) is 9.80 Å². The monoisotopic (exact) mass is 264 g/mol. The molecule has 4 aliphatic rings. The smallest absolute Gasteiger partial charge is 0.237 e. The molecule has 6 heteroatoms. The van der Waals surface area contributed by atoms with Gasteiger partial charge >= 0.3 is 0 Å². The number of hydrogen-bond donors (Lipinski definition) is 0. The van der Waals surface area contributed by atoms with Crippen LogP contribution in [0.5, 0.6) is 0 Å². The van der Waals surface area contributed by atoms with Crippen molar-refractivity contribution in [3.63, 3.8) is 0 Å². The van der Waals surface area contributed by atoms with E-state index in [9.17, 15) is 9.59 Å². The largest absolute Gasteiger partial charge is 0.379 e. The Labute approximate surface area is 110 Å². The van der Waals surface area contributed by atoms with E-state index in [-0.39, 0.29) is 35.9 Å². The highest BCUT2D eigenvalue weighted by atomic mass is 16.5. The maximum Gasteiger partial charge on any atom is 0.237 e. The van der Waals surface area contributed by atoms with Gasteiger partial charge in [0.1, 0.15) is 0 Å². The summed E-state index contributed by atoms with van der Waals surface area (Å²) in [4.78, 5) is 28.3. The van der Waals surface area contributed by atoms with Crippen molar-refractivity contribution in [1.29, 1.82) is 0 Å². The minimum atomic E-state index is -0.288. The van der Waals surface area contributed by atoms with Gasteiger partial charge in [-0.15, -0.1) is 0 Å². The number of nitrogens with zero attached hydrogens (tertiary/aromatic N) is 2. The molecule has 102 valence electrons. The average molecular weight is 264 g/mol. The highest BCUT2D eigenvalue weighted by molar-refractivity contribution is 6.06. The molecule has 2 amide bonds.